The molecule has 1 saturated heterocycles. The zero-order chi connectivity index (χ0) is 18.0. The highest BCUT2D eigenvalue weighted by Crippen LogP contribution is 2.25. The second-order valence-corrected chi connectivity index (χ2v) is 7.26. The van der Waals surface area contributed by atoms with Crippen molar-refractivity contribution in [3.8, 4) is 6.07 Å². The summed E-state index contributed by atoms with van der Waals surface area (Å²) < 4.78 is 0.861. The number of nitrogens with two attached hydrogens (primary N) is 1. The number of likely N-dealkylation sites (tertiary alicyclic amines) is 1. The smallest absolute Gasteiger partial charge is 0.262 e. The number of guanidine groups is 1. The number of nitriles is 1. The first-order valence-electron chi connectivity index (χ1n) is 8.26. The summed E-state index contributed by atoms with van der Waals surface area (Å²) in [5.41, 5.74) is 7.71. The van der Waals surface area contributed by atoms with Crippen molar-refractivity contribution in [2.45, 2.75) is 25.8 Å². The van der Waals surface area contributed by atoms with E-state index in [4.69, 9.17) is 5.73 Å². The second-order valence-electron chi connectivity index (χ2n) is 6.30. The third kappa shape index (κ3) is 3.60. The summed E-state index contributed by atoms with van der Waals surface area (Å²) in [6.45, 7) is 3.81. The van der Waals surface area contributed by atoms with Gasteiger partial charge in [0.15, 0.2) is 0 Å². The molecule has 3 rings (SSSR count). The van der Waals surface area contributed by atoms with Crippen LogP contribution in [0.3, 0.4) is 0 Å². The number of halogens is 1. The molecule has 2 heterocycles. The van der Waals surface area contributed by atoms with Crippen molar-refractivity contribution in [2.75, 3.05) is 19.6 Å². The summed E-state index contributed by atoms with van der Waals surface area (Å²) in [7, 11) is 0. The average molecular weight is 402 g/mol. The summed E-state index contributed by atoms with van der Waals surface area (Å²) in [6, 6.07) is 9.02. The van der Waals surface area contributed by atoms with Crippen molar-refractivity contribution in [3.63, 3.8) is 0 Å². The van der Waals surface area contributed by atoms with Crippen LogP contribution in [-0.2, 0) is 0 Å². The highest BCUT2D eigenvalue weighted by molar-refractivity contribution is 9.11. The Balaban J connectivity index is 1.97. The molecular formula is C18H20BrN5O. The van der Waals surface area contributed by atoms with Crippen LogP contribution in [0.25, 0.3) is 0 Å². The van der Waals surface area contributed by atoms with Gasteiger partial charge in [0, 0.05) is 23.6 Å². The van der Waals surface area contributed by atoms with E-state index < -0.39 is 0 Å². The fourth-order valence-corrected chi connectivity index (χ4v) is 3.44. The summed E-state index contributed by atoms with van der Waals surface area (Å²) in [5, 5.41) is 9.31. The Hall–Kier alpha value is -2.17. The lowest BCUT2D eigenvalue weighted by Crippen LogP contribution is -2.54. The van der Waals surface area contributed by atoms with Gasteiger partial charge in [-0.2, -0.15) is 5.26 Å². The molecule has 0 aliphatic carbocycles. The minimum Gasteiger partial charge on any atom is -0.341 e. The molecule has 0 aromatic heterocycles. The summed E-state index contributed by atoms with van der Waals surface area (Å²) in [4.78, 5) is 21.5. The van der Waals surface area contributed by atoms with Gasteiger partial charge in [0.25, 0.3) is 5.91 Å². The molecule has 0 bridgehead atoms. The Bertz CT molecular complexity index is 795. The van der Waals surface area contributed by atoms with Gasteiger partial charge in [0.05, 0.1) is 29.4 Å². The van der Waals surface area contributed by atoms with Gasteiger partial charge in [-0.25, -0.2) is 4.99 Å². The quantitative estimate of drug-likeness (QED) is 0.782. The second kappa shape index (κ2) is 7.38. The number of amides is 1. The third-order valence-electron chi connectivity index (χ3n) is 4.46. The van der Waals surface area contributed by atoms with Crippen molar-refractivity contribution in [2.24, 2.45) is 10.7 Å². The van der Waals surface area contributed by atoms with E-state index in [0.717, 1.165) is 29.6 Å². The highest BCUT2D eigenvalue weighted by atomic mass is 79.9. The largest absolute Gasteiger partial charge is 0.341 e. The average Bonchev–Trinajstić information content (AvgIpc) is 2.63. The molecule has 1 amide bonds. The van der Waals surface area contributed by atoms with Crippen LogP contribution in [0.15, 0.2) is 39.4 Å². The van der Waals surface area contributed by atoms with E-state index in [1.807, 2.05) is 6.92 Å². The van der Waals surface area contributed by atoms with E-state index >= 15 is 0 Å². The molecule has 2 aliphatic rings. The van der Waals surface area contributed by atoms with Gasteiger partial charge in [0.1, 0.15) is 0 Å². The predicted molar refractivity (Wildman–Crippen MR) is 100 cm³/mol. The number of nitrogens with zero attached hydrogens (tertiary/aromatic N) is 4. The molecule has 7 heteroatoms. The fourth-order valence-electron chi connectivity index (χ4n) is 3.10. The minimum absolute atomic E-state index is 0.0782. The molecule has 2 aliphatic heterocycles. The number of piperidine rings is 1. The first kappa shape index (κ1) is 17.6. The molecular weight excluding hydrogens is 382 g/mol. The van der Waals surface area contributed by atoms with Gasteiger partial charge in [-0.05, 0) is 31.9 Å². The molecule has 0 spiro atoms. The number of carbonyl (C=O) groups is 1. The van der Waals surface area contributed by atoms with Crippen molar-refractivity contribution in [1.82, 2.24) is 9.80 Å². The monoisotopic (exact) mass is 401 g/mol. The number of benzene rings is 1. The third-order valence-corrected chi connectivity index (χ3v) is 5.29. The summed E-state index contributed by atoms with van der Waals surface area (Å²) in [5.74, 6) is 0.396. The lowest BCUT2D eigenvalue weighted by molar-refractivity contribution is 0.0834. The van der Waals surface area contributed by atoms with E-state index in [9.17, 15) is 10.1 Å². The molecule has 1 aromatic carbocycles. The lowest BCUT2D eigenvalue weighted by atomic mass is 10.1. The molecule has 0 unspecified atom stereocenters. The SMILES string of the molecule is CC1=C(Br)CN(C(=O)c2ccccc2C#N)C(N2CCC[C@@H](N)C2)=N1. The number of hydrogen-bond acceptors (Lipinski definition) is 5. The van der Waals surface area contributed by atoms with E-state index in [1.165, 1.54) is 0 Å². The van der Waals surface area contributed by atoms with Gasteiger partial charge in [0.2, 0.25) is 5.96 Å². The van der Waals surface area contributed by atoms with Crippen LogP contribution >= 0.6 is 15.9 Å². The molecule has 25 heavy (non-hydrogen) atoms. The number of hydrogen-bond donors (Lipinski definition) is 1. The van der Waals surface area contributed by atoms with Crippen LogP contribution < -0.4 is 5.73 Å². The first-order chi connectivity index (χ1) is 12.0. The van der Waals surface area contributed by atoms with E-state index in [2.05, 4.69) is 31.9 Å². The molecule has 0 saturated carbocycles. The number of carbonyl (C=O) groups excluding carboxylic acids is 1. The molecule has 6 nitrogen and oxygen atoms in total. The Morgan fingerprint density at radius 1 is 1.44 bits per heavy atom. The van der Waals surface area contributed by atoms with Crippen LogP contribution in [0.2, 0.25) is 0 Å². The minimum atomic E-state index is -0.223. The normalized spacial score (nSPS) is 21.0. The molecule has 1 fully saturated rings. The lowest BCUT2D eigenvalue weighted by Gasteiger charge is -2.39. The van der Waals surface area contributed by atoms with Gasteiger partial charge < -0.3 is 10.6 Å². The van der Waals surface area contributed by atoms with Gasteiger partial charge >= 0.3 is 0 Å². The van der Waals surface area contributed by atoms with Crippen LogP contribution in [0, 0.1) is 11.3 Å². The maximum absolute atomic E-state index is 13.2. The van der Waals surface area contributed by atoms with Crippen molar-refractivity contribution in [3.05, 3.63) is 45.6 Å². The van der Waals surface area contributed by atoms with Crippen LogP contribution in [0.4, 0.5) is 0 Å². The predicted octanol–water partition coefficient (Wildman–Crippen LogP) is 2.42. The highest BCUT2D eigenvalue weighted by Gasteiger charge is 2.32. The summed E-state index contributed by atoms with van der Waals surface area (Å²) >= 11 is 3.50. The molecule has 2 N–H and O–H groups in total. The Morgan fingerprint density at radius 2 is 2.20 bits per heavy atom. The molecule has 1 atom stereocenters. The Morgan fingerprint density at radius 3 is 2.92 bits per heavy atom. The van der Waals surface area contributed by atoms with Crippen LogP contribution in [0.5, 0.6) is 0 Å². The maximum Gasteiger partial charge on any atom is 0.262 e. The van der Waals surface area contributed by atoms with Crippen LogP contribution in [0.1, 0.15) is 35.7 Å². The van der Waals surface area contributed by atoms with E-state index in [0.29, 0.717) is 30.2 Å². The Kier molecular flexibility index (Phi) is 5.21. The zero-order valence-electron chi connectivity index (χ0n) is 14.1. The zero-order valence-corrected chi connectivity index (χ0v) is 15.7. The van der Waals surface area contributed by atoms with Gasteiger partial charge in [-0.15, -0.1) is 0 Å². The van der Waals surface area contributed by atoms with Gasteiger partial charge in [-0.1, -0.05) is 28.1 Å². The van der Waals surface area contributed by atoms with Crippen LogP contribution in [-0.4, -0.2) is 47.3 Å². The van der Waals surface area contributed by atoms with Crippen molar-refractivity contribution >= 4 is 27.8 Å². The topological polar surface area (TPSA) is 85.7 Å². The molecule has 130 valence electrons. The standard InChI is InChI=1S/C18H20BrN5O/c1-12-16(19)11-24(17(25)15-7-3-2-5-13(15)9-20)18(22-12)23-8-4-6-14(21)10-23/h2-3,5,7,14H,4,6,8,10-11,21H2,1H3/t14-/m1/s1. The molecule has 1 aromatic rings. The maximum atomic E-state index is 13.2. The van der Waals surface area contributed by atoms with E-state index in [1.54, 1.807) is 29.2 Å². The van der Waals surface area contributed by atoms with Crippen molar-refractivity contribution < 1.29 is 4.79 Å². The van der Waals surface area contributed by atoms with Gasteiger partial charge in [-0.3, -0.25) is 9.69 Å². The fraction of sp³-hybridized carbons (Fsp3) is 0.389. The Labute approximate surface area is 155 Å². The number of allylic oxidation sites excluding steroid dienone is 1. The van der Waals surface area contributed by atoms with E-state index in [-0.39, 0.29) is 11.9 Å². The van der Waals surface area contributed by atoms with Crippen molar-refractivity contribution in [1.29, 1.82) is 5.26 Å². The summed E-state index contributed by atoms with van der Waals surface area (Å²) in [6.07, 6.45) is 1.95. The number of rotatable bonds is 1. The first-order valence-corrected chi connectivity index (χ1v) is 9.06. The molecule has 0 radical (unpaired) electrons. The number of aliphatic imine (C=N–C) groups is 1.